The van der Waals surface area contributed by atoms with E-state index in [1.54, 1.807) is 6.20 Å². The third-order valence-corrected chi connectivity index (χ3v) is 5.02. The van der Waals surface area contributed by atoms with Crippen molar-refractivity contribution < 1.29 is 4.74 Å². The molecule has 0 N–H and O–H groups in total. The highest BCUT2D eigenvalue weighted by molar-refractivity contribution is 6.29. The number of rotatable bonds is 4. The van der Waals surface area contributed by atoms with Crippen LogP contribution in [0, 0.1) is 0 Å². The van der Waals surface area contributed by atoms with Crippen LogP contribution in [0.3, 0.4) is 0 Å². The van der Waals surface area contributed by atoms with Gasteiger partial charge in [0.15, 0.2) is 0 Å². The highest BCUT2D eigenvalue weighted by Gasteiger charge is 2.26. The minimum atomic E-state index is 0.341. The van der Waals surface area contributed by atoms with Crippen molar-refractivity contribution in [3.05, 3.63) is 23.5 Å². The Labute approximate surface area is 144 Å². The Kier molecular flexibility index (Phi) is 5.75. The summed E-state index contributed by atoms with van der Waals surface area (Å²) in [5.41, 5.74) is 1.17. The molecule has 0 radical (unpaired) electrons. The molecule has 3 rings (SSSR count). The van der Waals surface area contributed by atoms with Crippen LogP contribution < -0.4 is 4.90 Å². The van der Waals surface area contributed by atoms with Crippen molar-refractivity contribution in [1.29, 1.82) is 0 Å². The predicted octanol–water partition coefficient (Wildman–Crippen LogP) is 1.97. The van der Waals surface area contributed by atoms with Crippen LogP contribution in [0.5, 0.6) is 0 Å². The quantitative estimate of drug-likeness (QED) is 0.784. The molecule has 2 saturated heterocycles. The summed E-state index contributed by atoms with van der Waals surface area (Å²) in [6, 6.07) is 4.59. The van der Waals surface area contributed by atoms with Crippen LogP contribution in [0.15, 0.2) is 18.3 Å². The fraction of sp³-hybridized carbons (Fsp3) is 0.706. The second-order valence-electron chi connectivity index (χ2n) is 6.71. The molecule has 0 aromatic carbocycles. The average molecular weight is 339 g/mol. The summed E-state index contributed by atoms with van der Waals surface area (Å²) in [6.45, 7) is 12.7. The molecule has 1 aromatic heterocycles. The number of piperazine rings is 1. The zero-order valence-electron chi connectivity index (χ0n) is 14.1. The summed E-state index contributed by atoms with van der Waals surface area (Å²) < 4.78 is 5.97. The Morgan fingerprint density at radius 1 is 1.26 bits per heavy atom. The van der Waals surface area contributed by atoms with Crippen molar-refractivity contribution in [3.63, 3.8) is 0 Å². The van der Waals surface area contributed by atoms with Crippen LogP contribution in [0.2, 0.25) is 5.15 Å². The molecule has 1 atom stereocenters. The van der Waals surface area contributed by atoms with Gasteiger partial charge < -0.3 is 9.64 Å². The second kappa shape index (κ2) is 7.79. The SMILES string of the molecule is CC(C)N1CCOC(CN2CCN(c3ccnc(Cl)c3)CC2)C1. The minimum Gasteiger partial charge on any atom is -0.374 e. The molecule has 2 aliphatic heterocycles. The van der Waals surface area contributed by atoms with Gasteiger partial charge in [0.2, 0.25) is 0 Å². The van der Waals surface area contributed by atoms with E-state index in [0.29, 0.717) is 17.3 Å². The lowest BCUT2D eigenvalue weighted by Crippen LogP contribution is -2.53. The molecule has 128 valence electrons. The van der Waals surface area contributed by atoms with Gasteiger partial charge in [0, 0.05) is 63.7 Å². The van der Waals surface area contributed by atoms with Gasteiger partial charge in [-0.05, 0) is 26.0 Å². The van der Waals surface area contributed by atoms with E-state index < -0.39 is 0 Å². The van der Waals surface area contributed by atoms with Crippen LogP contribution in [0.4, 0.5) is 5.69 Å². The van der Waals surface area contributed by atoms with Crippen molar-refractivity contribution in [3.8, 4) is 0 Å². The molecule has 0 saturated carbocycles. The highest BCUT2D eigenvalue weighted by atomic mass is 35.5. The molecule has 1 aromatic rings. The zero-order valence-corrected chi connectivity index (χ0v) is 14.9. The maximum absolute atomic E-state index is 5.99. The number of halogens is 1. The zero-order chi connectivity index (χ0) is 16.2. The third kappa shape index (κ3) is 4.57. The van der Waals surface area contributed by atoms with Crippen molar-refractivity contribution in [1.82, 2.24) is 14.8 Å². The Morgan fingerprint density at radius 2 is 2.04 bits per heavy atom. The van der Waals surface area contributed by atoms with E-state index in [9.17, 15) is 0 Å². The molecule has 0 spiro atoms. The van der Waals surface area contributed by atoms with E-state index in [-0.39, 0.29) is 0 Å². The number of hydrogen-bond donors (Lipinski definition) is 0. The molecule has 2 fully saturated rings. The number of nitrogens with zero attached hydrogens (tertiary/aromatic N) is 4. The summed E-state index contributed by atoms with van der Waals surface area (Å²) in [5, 5.41) is 0.564. The largest absolute Gasteiger partial charge is 0.374 e. The first-order chi connectivity index (χ1) is 11.1. The van der Waals surface area contributed by atoms with Gasteiger partial charge in [-0.3, -0.25) is 9.80 Å². The number of hydrogen-bond acceptors (Lipinski definition) is 5. The Bertz CT molecular complexity index is 505. The molecular formula is C17H27ClN4O. The third-order valence-electron chi connectivity index (χ3n) is 4.81. The van der Waals surface area contributed by atoms with Gasteiger partial charge in [0.25, 0.3) is 0 Å². The number of pyridine rings is 1. The molecule has 5 nitrogen and oxygen atoms in total. The molecule has 6 heteroatoms. The first-order valence-electron chi connectivity index (χ1n) is 8.56. The molecule has 0 amide bonds. The van der Waals surface area contributed by atoms with E-state index in [0.717, 1.165) is 52.4 Å². The van der Waals surface area contributed by atoms with Crippen LogP contribution in [-0.2, 0) is 4.74 Å². The van der Waals surface area contributed by atoms with E-state index in [1.807, 2.05) is 12.1 Å². The summed E-state index contributed by atoms with van der Waals surface area (Å²) in [5.74, 6) is 0. The monoisotopic (exact) mass is 338 g/mol. The Balaban J connectivity index is 1.47. The first kappa shape index (κ1) is 17.0. The maximum atomic E-state index is 5.99. The summed E-state index contributed by atoms with van der Waals surface area (Å²) >= 11 is 5.99. The van der Waals surface area contributed by atoms with Crippen molar-refractivity contribution in [2.75, 3.05) is 57.3 Å². The number of morpholine rings is 1. The van der Waals surface area contributed by atoms with Gasteiger partial charge in [-0.25, -0.2) is 4.98 Å². The lowest BCUT2D eigenvalue weighted by atomic mass is 10.2. The van der Waals surface area contributed by atoms with Gasteiger partial charge in [0.1, 0.15) is 5.15 Å². The lowest BCUT2D eigenvalue weighted by Gasteiger charge is -2.40. The molecule has 3 heterocycles. The van der Waals surface area contributed by atoms with Gasteiger partial charge in [0.05, 0.1) is 12.7 Å². The van der Waals surface area contributed by atoms with Crippen molar-refractivity contribution in [2.24, 2.45) is 0 Å². The van der Waals surface area contributed by atoms with Gasteiger partial charge in [-0.1, -0.05) is 11.6 Å². The average Bonchev–Trinajstić information content (AvgIpc) is 2.56. The smallest absolute Gasteiger partial charge is 0.131 e. The van der Waals surface area contributed by atoms with E-state index in [4.69, 9.17) is 16.3 Å². The van der Waals surface area contributed by atoms with Crippen LogP contribution in [0.25, 0.3) is 0 Å². The van der Waals surface area contributed by atoms with E-state index >= 15 is 0 Å². The normalized spacial score (nSPS) is 24.3. The van der Waals surface area contributed by atoms with Crippen LogP contribution >= 0.6 is 11.6 Å². The number of ether oxygens (including phenoxy) is 1. The molecule has 0 aliphatic carbocycles. The number of anilines is 1. The standard InChI is InChI=1S/C17H27ClN4O/c1-14(2)22-9-10-23-16(13-22)12-20-5-7-21(8-6-20)15-3-4-19-17(18)11-15/h3-4,11,14,16H,5-10,12-13H2,1-2H3. The first-order valence-corrected chi connectivity index (χ1v) is 8.94. The summed E-state index contributed by atoms with van der Waals surface area (Å²) in [6.07, 6.45) is 2.12. The van der Waals surface area contributed by atoms with Crippen LogP contribution in [-0.4, -0.2) is 79.3 Å². The fourth-order valence-corrected chi connectivity index (χ4v) is 3.56. The summed E-state index contributed by atoms with van der Waals surface area (Å²) in [7, 11) is 0. The molecule has 23 heavy (non-hydrogen) atoms. The lowest BCUT2D eigenvalue weighted by molar-refractivity contribution is -0.0525. The summed E-state index contributed by atoms with van der Waals surface area (Å²) in [4.78, 5) is 11.5. The molecule has 2 aliphatic rings. The van der Waals surface area contributed by atoms with Gasteiger partial charge >= 0.3 is 0 Å². The van der Waals surface area contributed by atoms with Crippen LogP contribution in [0.1, 0.15) is 13.8 Å². The van der Waals surface area contributed by atoms with Gasteiger partial charge in [-0.2, -0.15) is 0 Å². The maximum Gasteiger partial charge on any atom is 0.131 e. The second-order valence-corrected chi connectivity index (χ2v) is 7.09. The Morgan fingerprint density at radius 3 is 2.74 bits per heavy atom. The molecule has 1 unspecified atom stereocenters. The van der Waals surface area contributed by atoms with Crippen molar-refractivity contribution in [2.45, 2.75) is 26.0 Å². The highest BCUT2D eigenvalue weighted by Crippen LogP contribution is 2.19. The molecular weight excluding hydrogens is 312 g/mol. The minimum absolute atomic E-state index is 0.341. The topological polar surface area (TPSA) is 31.8 Å². The molecule has 0 bridgehead atoms. The number of aromatic nitrogens is 1. The van der Waals surface area contributed by atoms with E-state index in [2.05, 4.69) is 33.5 Å². The Hall–Kier alpha value is -0.880. The van der Waals surface area contributed by atoms with Gasteiger partial charge in [-0.15, -0.1) is 0 Å². The van der Waals surface area contributed by atoms with Crippen molar-refractivity contribution >= 4 is 17.3 Å². The predicted molar refractivity (Wildman–Crippen MR) is 94.3 cm³/mol. The fourth-order valence-electron chi connectivity index (χ4n) is 3.39. The van der Waals surface area contributed by atoms with E-state index in [1.165, 1.54) is 5.69 Å².